The zero-order chi connectivity index (χ0) is 9.84. The van der Waals surface area contributed by atoms with Crippen molar-refractivity contribution in [3.8, 4) is 5.75 Å². The summed E-state index contributed by atoms with van der Waals surface area (Å²) in [4.78, 5) is 2.04. The van der Waals surface area contributed by atoms with Gasteiger partial charge in [0.15, 0.2) is 5.05 Å². The summed E-state index contributed by atoms with van der Waals surface area (Å²) in [5.74, 6) is 0.790. The molecule has 0 aliphatic heterocycles. The highest BCUT2D eigenvalue weighted by Crippen LogP contribution is 2.17. The molecule has 0 bridgehead atoms. The SMILES string of the molecule is CC(=S)Oc1ccc(N(C)C)cc1. The predicted molar refractivity (Wildman–Crippen MR) is 59.7 cm³/mol. The van der Waals surface area contributed by atoms with Crippen LogP contribution in [0.2, 0.25) is 0 Å². The zero-order valence-corrected chi connectivity index (χ0v) is 8.89. The van der Waals surface area contributed by atoms with Gasteiger partial charge in [-0.25, -0.2) is 0 Å². The van der Waals surface area contributed by atoms with Crippen LogP contribution in [0.25, 0.3) is 0 Å². The van der Waals surface area contributed by atoms with Crippen LogP contribution in [0, 0.1) is 0 Å². The van der Waals surface area contributed by atoms with Crippen molar-refractivity contribution in [3.05, 3.63) is 24.3 Å². The molecular weight excluding hydrogens is 182 g/mol. The Balaban J connectivity index is 2.75. The highest BCUT2D eigenvalue weighted by Gasteiger charge is 1.96. The lowest BCUT2D eigenvalue weighted by Crippen LogP contribution is -2.08. The van der Waals surface area contributed by atoms with Gasteiger partial charge >= 0.3 is 0 Å². The van der Waals surface area contributed by atoms with Crippen molar-refractivity contribution in [1.82, 2.24) is 0 Å². The van der Waals surface area contributed by atoms with Gasteiger partial charge in [-0.3, -0.25) is 0 Å². The first-order chi connectivity index (χ1) is 6.09. The molecule has 13 heavy (non-hydrogen) atoms. The summed E-state index contributed by atoms with van der Waals surface area (Å²) in [6.45, 7) is 1.76. The molecule has 0 heterocycles. The highest BCUT2D eigenvalue weighted by molar-refractivity contribution is 7.80. The van der Waals surface area contributed by atoms with Crippen LogP contribution in [0.4, 0.5) is 5.69 Å². The van der Waals surface area contributed by atoms with Crippen LogP contribution >= 0.6 is 12.2 Å². The second-order valence-corrected chi connectivity index (χ2v) is 3.56. The molecule has 3 heteroatoms. The molecule has 1 aromatic rings. The van der Waals surface area contributed by atoms with Crippen LogP contribution in [0.5, 0.6) is 5.75 Å². The van der Waals surface area contributed by atoms with E-state index >= 15 is 0 Å². The van der Waals surface area contributed by atoms with E-state index in [1.165, 1.54) is 0 Å². The Morgan fingerprint density at radius 1 is 1.23 bits per heavy atom. The summed E-state index contributed by atoms with van der Waals surface area (Å²) in [7, 11) is 4.00. The molecule has 0 aliphatic carbocycles. The third-order valence-corrected chi connectivity index (χ3v) is 1.70. The highest BCUT2D eigenvalue weighted by atomic mass is 32.1. The normalized spacial score (nSPS) is 9.46. The minimum absolute atomic E-state index is 0.539. The third-order valence-electron chi connectivity index (χ3n) is 1.61. The molecule has 70 valence electrons. The van der Waals surface area contributed by atoms with E-state index < -0.39 is 0 Å². The Morgan fingerprint density at radius 2 is 1.77 bits per heavy atom. The number of rotatable bonds is 2. The molecule has 0 unspecified atom stereocenters. The monoisotopic (exact) mass is 195 g/mol. The second kappa shape index (κ2) is 4.23. The first kappa shape index (κ1) is 9.99. The van der Waals surface area contributed by atoms with Gasteiger partial charge in [-0.1, -0.05) is 0 Å². The van der Waals surface area contributed by atoms with Gasteiger partial charge in [-0.15, -0.1) is 0 Å². The fraction of sp³-hybridized carbons (Fsp3) is 0.300. The molecule has 0 atom stereocenters. The van der Waals surface area contributed by atoms with E-state index in [0.717, 1.165) is 11.4 Å². The average Bonchev–Trinajstić information content (AvgIpc) is 2.04. The molecule has 0 aliphatic rings. The summed E-state index contributed by atoms with van der Waals surface area (Å²) in [5, 5.41) is 0.539. The number of ether oxygens (including phenoxy) is 1. The summed E-state index contributed by atoms with van der Waals surface area (Å²) in [6.07, 6.45) is 0. The van der Waals surface area contributed by atoms with E-state index in [9.17, 15) is 0 Å². The van der Waals surface area contributed by atoms with Crippen molar-refractivity contribution >= 4 is 23.0 Å². The number of thiocarbonyl (C=S) groups is 1. The van der Waals surface area contributed by atoms with Crippen molar-refractivity contribution in [1.29, 1.82) is 0 Å². The molecule has 0 amide bonds. The van der Waals surface area contributed by atoms with Crippen molar-refractivity contribution in [2.24, 2.45) is 0 Å². The number of benzene rings is 1. The van der Waals surface area contributed by atoms with Gasteiger partial charge in [-0.05, 0) is 36.5 Å². The third kappa shape index (κ3) is 3.03. The molecule has 1 aromatic carbocycles. The van der Waals surface area contributed by atoms with E-state index in [1.807, 2.05) is 43.3 Å². The Kier molecular flexibility index (Phi) is 3.25. The van der Waals surface area contributed by atoms with E-state index in [1.54, 1.807) is 6.92 Å². The van der Waals surface area contributed by atoms with Crippen LogP contribution in [-0.4, -0.2) is 19.1 Å². The molecule has 2 nitrogen and oxygen atoms in total. The molecule has 0 N–H and O–H groups in total. The summed E-state index contributed by atoms with van der Waals surface area (Å²) in [5.41, 5.74) is 1.15. The minimum Gasteiger partial charge on any atom is -0.451 e. The van der Waals surface area contributed by atoms with Crippen LogP contribution in [0.1, 0.15) is 6.92 Å². The van der Waals surface area contributed by atoms with Crippen LogP contribution in [0.15, 0.2) is 24.3 Å². The van der Waals surface area contributed by atoms with Crippen LogP contribution in [-0.2, 0) is 0 Å². The number of nitrogens with zero attached hydrogens (tertiary/aromatic N) is 1. The number of anilines is 1. The van der Waals surface area contributed by atoms with Gasteiger partial charge in [0.1, 0.15) is 5.75 Å². The fourth-order valence-electron chi connectivity index (χ4n) is 0.978. The fourth-order valence-corrected chi connectivity index (χ4v) is 1.07. The van der Waals surface area contributed by atoms with E-state index in [2.05, 4.69) is 0 Å². The van der Waals surface area contributed by atoms with E-state index in [4.69, 9.17) is 17.0 Å². The molecule has 0 saturated carbocycles. The van der Waals surface area contributed by atoms with Gasteiger partial charge in [0, 0.05) is 26.7 Å². The van der Waals surface area contributed by atoms with Crippen molar-refractivity contribution in [2.75, 3.05) is 19.0 Å². The van der Waals surface area contributed by atoms with Crippen molar-refractivity contribution in [3.63, 3.8) is 0 Å². The number of hydrogen-bond acceptors (Lipinski definition) is 3. The second-order valence-electron chi connectivity index (χ2n) is 2.98. The van der Waals surface area contributed by atoms with Crippen LogP contribution < -0.4 is 9.64 Å². The molecule has 0 fully saturated rings. The first-order valence-electron chi connectivity index (χ1n) is 4.05. The molecule has 0 saturated heterocycles. The van der Waals surface area contributed by atoms with Gasteiger partial charge < -0.3 is 9.64 Å². The maximum atomic E-state index is 5.26. The smallest absolute Gasteiger partial charge is 0.164 e. The lowest BCUT2D eigenvalue weighted by atomic mass is 10.3. The van der Waals surface area contributed by atoms with Gasteiger partial charge in [0.05, 0.1) is 0 Å². The Hall–Kier alpha value is -1.09. The van der Waals surface area contributed by atoms with Crippen molar-refractivity contribution < 1.29 is 4.74 Å². The summed E-state index contributed by atoms with van der Waals surface area (Å²) >= 11 is 4.83. The molecular formula is C10H13NOS. The van der Waals surface area contributed by atoms with Crippen molar-refractivity contribution in [2.45, 2.75) is 6.92 Å². The Morgan fingerprint density at radius 3 is 2.15 bits per heavy atom. The molecule has 0 spiro atoms. The zero-order valence-electron chi connectivity index (χ0n) is 8.07. The topological polar surface area (TPSA) is 12.5 Å². The largest absolute Gasteiger partial charge is 0.451 e. The van der Waals surface area contributed by atoms with E-state index in [-0.39, 0.29) is 0 Å². The summed E-state index contributed by atoms with van der Waals surface area (Å²) in [6, 6.07) is 7.80. The Bertz CT molecular complexity index is 292. The first-order valence-corrected chi connectivity index (χ1v) is 4.46. The Labute approximate surface area is 84.1 Å². The maximum Gasteiger partial charge on any atom is 0.164 e. The lowest BCUT2D eigenvalue weighted by Gasteiger charge is -2.12. The van der Waals surface area contributed by atoms with Gasteiger partial charge in [0.25, 0.3) is 0 Å². The van der Waals surface area contributed by atoms with Gasteiger partial charge in [0.2, 0.25) is 0 Å². The van der Waals surface area contributed by atoms with E-state index in [0.29, 0.717) is 5.05 Å². The summed E-state index contributed by atoms with van der Waals surface area (Å²) < 4.78 is 5.26. The lowest BCUT2D eigenvalue weighted by molar-refractivity contribution is 0.561. The van der Waals surface area contributed by atoms with Crippen LogP contribution in [0.3, 0.4) is 0 Å². The number of hydrogen-bond donors (Lipinski definition) is 0. The standard InChI is InChI=1S/C10H13NOS/c1-8(13)12-10-6-4-9(5-7-10)11(2)3/h4-7H,1-3H3. The quantitative estimate of drug-likeness (QED) is 0.673. The molecule has 1 rings (SSSR count). The average molecular weight is 195 g/mol. The minimum atomic E-state index is 0.539. The maximum absolute atomic E-state index is 5.26. The molecule has 0 aromatic heterocycles. The van der Waals surface area contributed by atoms with Gasteiger partial charge in [-0.2, -0.15) is 0 Å². The molecule has 0 radical (unpaired) electrons. The predicted octanol–water partition coefficient (Wildman–Crippen LogP) is 2.48.